The lowest BCUT2D eigenvalue weighted by Crippen LogP contribution is -2.49. The molecule has 0 unspecified atom stereocenters. The van der Waals surface area contributed by atoms with Crippen LogP contribution in [0.15, 0.2) is 37.1 Å². The SMILES string of the molecule is C=CC(=O)N1CCN(c2nc(NCCC(=O)N(C)C)nc3c2CC=C(c2c(C)ccc4[nH]ncc24)O3)CC1. The fraction of sp³-hybridized carbons (Fsp3) is 0.370. The summed E-state index contributed by atoms with van der Waals surface area (Å²) < 4.78 is 6.44. The first-order chi connectivity index (χ1) is 18.4. The molecule has 198 valence electrons. The van der Waals surface area contributed by atoms with Gasteiger partial charge >= 0.3 is 0 Å². The molecule has 11 nitrogen and oxygen atoms in total. The third-order valence-corrected chi connectivity index (χ3v) is 6.91. The average Bonchev–Trinajstić information content (AvgIpc) is 3.40. The van der Waals surface area contributed by atoms with Crippen LogP contribution in [-0.4, -0.2) is 88.6 Å². The van der Waals surface area contributed by atoms with Crippen molar-refractivity contribution in [3.63, 3.8) is 0 Å². The predicted octanol–water partition coefficient (Wildman–Crippen LogP) is 2.36. The van der Waals surface area contributed by atoms with Crippen molar-refractivity contribution in [1.82, 2.24) is 30.0 Å². The van der Waals surface area contributed by atoms with Crippen LogP contribution >= 0.6 is 0 Å². The second-order valence-electron chi connectivity index (χ2n) is 9.60. The Bertz CT molecular complexity index is 1420. The Labute approximate surface area is 221 Å². The Balaban J connectivity index is 1.45. The summed E-state index contributed by atoms with van der Waals surface area (Å²) in [5.41, 5.74) is 3.88. The van der Waals surface area contributed by atoms with Crippen molar-refractivity contribution in [2.75, 3.05) is 57.0 Å². The van der Waals surface area contributed by atoms with E-state index in [-0.39, 0.29) is 11.8 Å². The highest BCUT2D eigenvalue weighted by Crippen LogP contribution is 2.38. The standard InChI is InChI=1S/C27H32N8O3/c1-5-22(36)34-12-14-35(15-13-34)25-18-7-9-21(24-17(2)6-8-20-19(24)16-29-32-20)38-26(18)31-27(30-25)28-11-10-23(37)33(3)4/h5-6,8-9,16H,1,7,10-15H2,2-4H3,(H,29,32)(H,28,30,31). The van der Waals surface area contributed by atoms with Gasteiger partial charge in [-0.15, -0.1) is 0 Å². The molecular formula is C27H32N8O3. The molecular weight excluding hydrogens is 484 g/mol. The highest BCUT2D eigenvalue weighted by atomic mass is 16.5. The number of aromatic amines is 1. The number of nitrogens with one attached hydrogen (secondary N) is 2. The summed E-state index contributed by atoms with van der Waals surface area (Å²) >= 11 is 0. The Kier molecular flexibility index (Phi) is 6.99. The molecule has 1 saturated heterocycles. The Morgan fingerprint density at radius 2 is 2.00 bits per heavy atom. The minimum Gasteiger partial charge on any atom is -0.438 e. The van der Waals surface area contributed by atoms with Gasteiger partial charge in [0.2, 0.25) is 23.6 Å². The van der Waals surface area contributed by atoms with E-state index in [0.717, 1.165) is 39.2 Å². The number of H-pyrrole nitrogens is 1. The van der Waals surface area contributed by atoms with Crippen LogP contribution in [0, 0.1) is 6.92 Å². The normalized spacial score (nSPS) is 15.0. The number of rotatable bonds is 7. The molecule has 0 atom stereocenters. The van der Waals surface area contributed by atoms with Gasteiger partial charge in [-0.25, -0.2) is 0 Å². The van der Waals surface area contributed by atoms with Crippen LogP contribution < -0.4 is 15.0 Å². The number of nitrogens with zero attached hydrogens (tertiary/aromatic N) is 6. The van der Waals surface area contributed by atoms with Gasteiger partial charge in [0.25, 0.3) is 0 Å². The molecule has 0 radical (unpaired) electrons. The number of hydrogen-bond acceptors (Lipinski definition) is 8. The second kappa shape index (κ2) is 10.5. The van der Waals surface area contributed by atoms with E-state index in [0.29, 0.717) is 57.4 Å². The monoisotopic (exact) mass is 516 g/mol. The predicted molar refractivity (Wildman–Crippen MR) is 146 cm³/mol. The molecule has 1 aromatic carbocycles. The number of amides is 2. The molecule has 0 saturated carbocycles. The molecule has 2 aliphatic rings. The van der Waals surface area contributed by atoms with E-state index in [2.05, 4.69) is 33.1 Å². The summed E-state index contributed by atoms with van der Waals surface area (Å²) in [6.07, 6.45) is 6.13. The lowest BCUT2D eigenvalue weighted by molar-refractivity contribution is -0.128. The van der Waals surface area contributed by atoms with Gasteiger partial charge < -0.3 is 24.8 Å². The van der Waals surface area contributed by atoms with Crippen molar-refractivity contribution in [2.24, 2.45) is 0 Å². The number of hydrogen-bond donors (Lipinski definition) is 2. The van der Waals surface area contributed by atoms with Gasteiger partial charge in [0, 0.05) is 70.6 Å². The summed E-state index contributed by atoms with van der Waals surface area (Å²) in [5.74, 6) is 2.33. The van der Waals surface area contributed by atoms with Gasteiger partial charge in [-0.1, -0.05) is 12.6 Å². The number of fused-ring (bicyclic) bond motifs is 2. The van der Waals surface area contributed by atoms with Crippen LogP contribution in [0.25, 0.3) is 16.7 Å². The number of benzene rings is 1. The lowest BCUT2D eigenvalue weighted by Gasteiger charge is -2.36. The van der Waals surface area contributed by atoms with Crippen molar-refractivity contribution < 1.29 is 14.3 Å². The summed E-state index contributed by atoms with van der Waals surface area (Å²) in [6.45, 7) is 8.46. The number of piperazine rings is 1. The first kappa shape index (κ1) is 25.2. The number of allylic oxidation sites excluding steroid dienone is 1. The highest BCUT2D eigenvalue weighted by molar-refractivity contribution is 5.92. The number of aryl methyl sites for hydroxylation is 1. The number of carbonyl (C=O) groups is 2. The molecule has 4 heterocycles. The van der Waals surface area contributed by atoms with E-state index in [1.54, 1.807) is 23.9 Å². The van der Waals surface area contributed by atoms with Gasteiger partial charge in [-0.05, 0) is 30.7 Å². The van der Waals surface area contributed by atoms with Crippen molar-refractivity contribution in [3.8, 4) is 5.88 Å². The fourth-order valence-electron chi connectivity index (χ4n) is 4.78. The Morgan fingerprint density at radius 3 is 2.74 bits per heavy atom. The van der Waals surface area contributed by atoms with Gasteiger partial charge in [0.15, 0.2) is 0 Å². The van der Waals surface area contributed by atoms with E-state index < -0.39 is 0 Å². The summed E-state index contributed by atoms with van der Waals surface area (Å²) in [6, 6.07) is 4.05. The number of ether oxygens (including phenoxy) is 1. The maximum absolute atomic E-state index is 12.1. The highest BCUT2D eigenvalue weighted by Gasteiger charge is 2.28. The van der Waals surface area contributed by atoms with Gasteiger partial charge in [-0.3, -0.25) is 14.7 Å². The molecule has 0 spiro atoms. The topological polar surface area (TPSA) is 120 Å². The molecule has 2 aliphatic heterocycles. The molecule has 2 amide bonds. The first-order valence-corrected chi connectivity index (χ1v) is 12.7. The minimum absolute atomic E-state index is 0.0174. The van der Waals surface area contributed by atoms with Crippen molar-refractivity contribution in [2.45, 2.75) is 19.8 Å². The zero-order chi connectivity index (χ0) is 26.8. The van der Waals surface area contributed by atoms with Crippen molar-refractivity contribution >= 4 is 40.2 Å². The Morgan fingerprint density at radius 1 is 1.21 bits per heavy atom. The number of aromatic nitrogens is 4. The molecule has 0 bridgehead atoms. The zero-order valence-electron chi connectivity index (χ0n) is 22.0. The third-order valence-electron chi connectivity index (χ3n) is 6.91. The molecule has 3 aromatic rings. The molecule has 0 aliphatic carbocycles. The summed E-state index contributed by atoms with van der Waals surface area (Å²) in [4.78, 5) is 39.2. The maximum atomic E-state index is 12.1. The van der Waals surface area contributed by atoms with E-state index in [1.807, 2.05) is 25.3 Å². The van der Waals surface area contributed by atoms with E-state index in [9.17, 15) is 9.59 Å². The van der Waals surface area contributed by atoms with Crippen LogP contribution in [0.5, 0.6) is 5.88 Å². The van der Waals surface area contributed by atoms with E-state index in [1.165, 1.54) is 6.08 Å². The van der Waals surface area contributed by atoms with Crippen LogP contribution in [0.4, 0.5) is 11.8 Å². The zero-order valence-corrected chi connectivity index (χ0v) is 22.0. The van der Waals surface area contributed by atoms with E-state index >= 15 is 0 Å². The molecule has 1 fully saturated rings. The summed E-state index contributed by atoms with van der Waals surface area (Å²) in [5, 5.41) is 11.4. The maximum Gasteiger partial charge on any atom is 0.246 e. The second-order valence-corrected chi connectivity index (χ2v) is 9.60. The summed E-state index contributed by atoms with van der Waals surface area (Å²) in [7, 11) is 3.47. The first-order valence-electron chi connectivity index (χ1n) is 12.7. The van der Waals surface area contributed by atoms with Crippen molar-refractivity contribution in [1.29, 1.82) is 0 Å². The van der Waals surface area contributed by atoms with Crippen molar-refractivity contribution in [3.05, 3.63) is 53.8 Å². The average molecular weight is 517 g/mol. The number of anilines is 2. The molecule has 38 heavy (non-hydrogen) atoms. The van der Waals surface area contributed by atoms with Crippen LogP contribution in [0.3, 0.4) is 0 Å². The largest absolute Gasteiger partial charge is 0.438 e. The minimum atomic E-state index is -0.0676. The van der Waals surface area contributed by atoms with Crippen LogP contribution in [-0.2, 0) is 16.0 Å². The van der Waals surface area contributed by atoms with Gasteiger partial charge in [0.05, 0.1) is 17.3 Å². The van der Waals surface area contributed by atoms with Gasteiger partial charge in [0.1, 0.15) is 11.6 Å². The third kappa shape index (κ3) is 4.91. The fourth-order valence-corrected chi connectivity index (χ4v) is 4.78. The molecule has 2 aromatic heterocycles. The molecule has 2 N–H and O–H groups in total. The van der Waals surface area contributed by atoms with Gasteiger partial charge in [-0.2, -0.15) is 15.1 Å². The van der Waals surface area contributed by atoms with E-state index in [4.69, 9.17) is 14.7 Å². The lowest BCUT2D eigenvalue weighted by atomic mass is 10.00. The Hall–Kier alpha value is -4.41. The smallest absolute Gasteiger partial charge is 0.246 e. The number of carbonyl (C=O) groups excluding carboxylic acids is 2. The molecule has 5 rings (SSSR count). The quantitative estimate of drug-likeness (QED) is 0.460. The molecule has 11 heteroatoms. The van der Waals surface area contributed by atoms with Crippen LogP contribution in [0.1, 0.15) is 23.1 Å². The van der Waals surface area contributed by atoms with Crippen LogP contribution in [0.2, 0.25) is 0 Å².